The van der Waals surface area contributed by atoms with Crippen LogP contribution in [0.1, 0.15) is 53.3 Å². The summed E-state index contributed by atoms with van der Waals surface area (Å²) < 4.78 is 0. The van der Waals surface area contributed by atoms with Crippen LogP contribution in [0, 0.1) is 0 Å². The van der Waals surface area contributed by atoms with Crippen LogP contribution < -0.4 is 5.32 Å². The molecular formula is C21H26N6O2. The third-order valence-corrected chi connectivity index (χ3v) is 5.72. The predicted molar refractivity (Wildman–Crippen MR) is 108 cm³/mol. The third-order valence-electron chi connectivity index (χ3n) is 5.72. The minimum absolute atomic E-state index is 0.0807. The topological polar surface area (TPSA) is 91.3 Å². The Balaban J connectivity index is 1.60. The lowest BCUT2D eigenvalue weighted by Gasteiger charge is -2.33. The van der Waals surface area contributed by atoms with Gasteiger partial charge < -0.3 is 15.1 Å². The molecule has 0 aromatic carbocycles. The summed E-state index contributed by atoms with van der Waals surface area (Å²) in [6.45, 7) is 4.10. The number of nitrogens with one attached hydrogen (secondary N) is 1. The molecule has 29 heavy (non-hydrogen) atoms. The Hall–Kier alpha value is -3.03. The molecule has 8 nitrogen and oxygen atoms in total. The van der Waals surface area contributed by atoms with Crippen molar-refractivity contribution in [3.63, 3.8) is 0 Å². The van der Waals surface area contributed by atoms with E-state index >= 15 is 0 Å². The van der Waals surface area contributed by atoms with Crippen LogP contribution in [-0.2, 0) is 17.8 Å². The molecule has 4 rings (SSSR count). The molecule has 0 saturated carbocycles. The standard InChI is InChI=1S/C21H26N6O2/c1-14(28)26-10-5-6-15(12-26)19-24-18-13-27(11-8-16(18)20(22-2)25-19)21(29)17-7-3-4-9-23-17/h3-4,7,9,15H,5-6,8,10-13H2,1-2H3,(H,22,24,25)/t15-/m0/s1. The van der Waals surface area contributed by atoms with Crippen LogP contribution in [0.4, 0.5) is 5.82 Å². The number of aromatic nitrogens is 3. The first-order chi connectivity index (χ1) is 14.1. The first-order valence-electron chi connectivity index (χ1n) is 10.1. The third kappa shape index (κ3) is 3.92. The van der Waals surface area contributed by atoms with Gasteiger partial charge in [0.2, 0.25) is 5.91 Å². The van der Waals surface area contributed by atoms with Gasteiger partial charge in [-0.05, 0) is 31.4 Å². The monoisotopic (exact) mass is 394 g/mol. The number of fused-ring (bicyclic) bond motifs is 1. The largest absolute Gasteiger partial charge is 0.373 e. The number of pyridine rings is 1. The molecule has 4 heterocycles. The van der Waals surface area contributed by atoms with Gasteiger partial charge in [0.05, 0.1) is 12.2 Å². The van der Waals surface area contributed by atoms with Crippen molar-refractivity contribution in [2.24, 2.45) is 0 Å². The molecule has 2 aliphatic heterocycles. The smallest absolute Gasteiger partial charge is 0.272 e. The number of carbonyl (C=O) groups is 2. The normalized spacial score (nSPS) is 18.9. The Morgan fingerprint density at radius 3 is 2.76 bits per heavy atom. The van der Waals surface area contributed by atoms with Gasteiger partial charge in [-0.25, -0.2) is 9.97 Å². The fourth-order valence-corrected chi connectivity index (χ4v) is 4.14. The number of piperidine rings is 1. The number of likely N-dealkylation sites (tertiary alicyclic amines) is 1. The summed E-state index contributed by atoms with van der Waals surface area (Å²) in [6, 6.07) is 5.36. The second kappa shape index (κ2) is 8.14. The van der Waals surface area contributed by atoms with Gasteiger partial charge in [-0.2, -0.15) is 0 Å². The van der Waals surface area contributed by atoms with E-state index in [2.05, 4.69) is 10.3 Å². The number of nitrogens with zero attached hydrogens (tertiary/aromatic N) is 5. The molecule has 2 aliphatic rings. The Bertz CT molecular complexity index is 917. The highest BCUT2D eigenvalue weighted by Crippen LogP contribution is 2.30. The van der Waals surface area contributed by atoms with Crippen molar-refractivity contribution in [1.82, 2.24) is 24.8 Å². The first kappa shape index (κ1) is 19.3. The van der Waals surface area contributed by atoms with E-state index in [0.717, 1.165) is 42.3 Å². The van der Waals surface area contributed by atoms with E-state index in [0.29, 0.717) is 31.7 Å². The molecule has 1 fully saturated rings. The van der Waals surface area contributed by atoms with Crippen LogP contribution in [0.25, 0.3) is 0 Å². The van der Waals surface area contributed by atoms with E-state index in [1.165, 1.54) is 0 Å². The first-order valence-corrected chi connectivity index (χ1v) is 10.1. The molecule has 152 valence electrons. The van der Waals surface area contributed by atoms with Crippen molar-refractivity contribution in [1.29, 1.82) is 0 Å². The van der Waals surface area contributed by atoms with Gasteiger partial charge in [0, 0.05) is 51.3 Å². The van der Waals surface area contributed by atoms with Crippen molar-refractivity contribution < 1.29 is 9.59 Å². The average Bonchev–Trinajstić information content (AvgIpc) is 2.78. The molecule has 1 saturated heterocycles. The van der Waals surface area contributed by atoms with Crippen molar-refractivity contribution in [3.05, 3.63) is 47.2 Å². The van der Waals surface area contributed by atoms with Gasteiger partial charge in [-0.15, -0.1) is 0 Å². The van der Waals surface area contributed by atoms with E-state index in [1.54, 1.807) is 30.2 Å². The van der Waals surface area contributed by atoms with E-state index < -0.39 is 0 Å². The summed E-state index contributed by atoms with van der Waals surface area (Å²) in [4.78, 5) is 42.1. The maximum atomic E-state index is 12.8. The molecule has 2 aromatic rings. The minimum Gasteiger partial charge on any atom is -0.373 e. The van der Waals surface area contributed by atoms with Gasteiger partial charge >= 0.3 is 0 Å². The molecule has 1 N–H and O–H groups in total. The number of rotatable bonds is 3. The quantitative estimate of drug-likeness (QED) is 0.854. The zero-order chi connectivity index (χ0) is 20.4. The van der Waals surface area contributed by atoms with E-state index in [1.807, 2.05) is 18.0 Å². The molecule has 2 aromatic heterocycles. The predicted octanol–water partition coefficient (Wildman–Crippen LogP) is 1.84. The second-order valence-electron chi connectivity index (χ2n) is 7.60. The zero-order valence-corrected chi connectivity index (χ0v) is 16.9. The zero-order valence-electron chi connectivity index (χ0n) is 16.9. The average molecular weight is 394 g/mol. The fraction of sp³-hybridized carbons (Fsp3) is 0.476. The summed E-state index contributed by atoms with van der Waals surface area (Å²) in [6.07, 6.45) is 4.25. The van der Waals surface area contributed by atoms with Gasteiger partial charge in [0.1, 0.15) is 17.3 Å². The molecule has 0 unspecified atom stereocenters. The number of carbonyl (C=O) groups excluding carboxylic acids is 2. The summed E-state index contributed by atoms with van der Waals surface area (Å²) in [7, 11) is 1.86. The summed E-state index contributed by atoms with van der Waals surface area (Å²) in [5.41, 5.74) is 2.40. The highest BCUT2D eigenvalue weighted by atomic mass is 16.2. The van der Waals surface area contributed by atoms with Crippen molar-refractivity contribution in [2.45, 2.75) is 38.6 Å². The number of amides is 2. The van der Waals surface area contributed by atoms with Crippen LogP contribution in [0.5, 0.6) is 0 Å². The van der Waals surface area contributed by atoms with Gasteiger partial charge in [-0.1, -0.05) is 6.07 Å². The van der Waals surface area contributed by atoms with Gasteiger partial charge in [-0.3, -0.25) is 14.6 Å². The van der Waals surface area contributed by atoms with E-state index in [4.69, 9.17) is 9.97 Å². The van der Waals surface area contributed by atoms with Crippen LogP contribution >= 0.6 is 0 Å². The van der Waals surface area contributed by atoms with Crippen LogP contribution in [0.3, 0.4) is 0 Å². The number of anilines is 1. The molecule has 1 atom stereocenters. The van der Waals surface area contributed by atoms with Crippen LogP contribution in [0.15, 0.2) is 24.4 Å². The van der Waals surface area contributed by atoms with Gasteiger partial charge in [0.15, 0.2) is 0 Å². The van der Waals surface area contributed by atoms with Crippen molar-refractivity contribution in [2.75, 3.05) is 32.0 Å². The molecular weight excluding hydrogens is 368 g/mol. The van der Waals surface area contributed by atoms with Crippen molar-refractivity contribution >= 4 is 17.6 Å². The molecule has 0 aliphatic carbocycles. The van der Waals surface area contributed by atoms with E-state index in [9.17, 15) is 9.59 Å². The Morgan fingerprint density at radius 2 is 2.03 bits per heavy atom. The maximum Gasteiger partial charge on any atom is 0.272 e. The number of hydrogen-bond acceptors (Lipinski definition) is 6. The van der Waals surface area contributed by atoms with Crippen LogP contribution in [-0.4, -0.2) is 63.2 Å². The Kier molecular flexibility index (Phi) is 5.42. The highest BCUT2D eigenvalue weighted by molar-refractivity contribution is 5.92. The molecule has 8 heteroatoms. The molecule has 0 bridgehead atoms. The lowest BCUT2D eigenvalue weighted by Crippen LogP contribution is -2.39. The molecule has 2 amide bonds. The number of hydrogen-bond donors (Lipinski definition) is 1. The Labute approximate surface area is 170 Å². The Morgan fingerprint density at radius 1 is 1.17 bits per heavy atom. The fourth-order valence-electron chi connectivity index (χ4n) is 4.14. The minimum atomic E-state index is -0.0807. The lowest BCUT2D eigenvalue weighted by molar-refractivity contribution is -0.130. The summed E-state index contributed by atoms with van der Waals surface area (Å²) in [5.74, 6) is 1.71. The summed E-state index contributed by atoms with van der Waals surface area (Å²) in [5, 5.41) is 3.20. The van der Waals surface area contributed by atoms with Crippen molar-refractivity contribution in [3.8, 4) is 0 Å². The second-order valence-corrected chi connectivity index (χ2v) is 7.60. The SMILES string of the molecule is CNc1nc([C@H]2CCCN(C(C)=O)C2)nc2c1CCN(C(=O)c1ccccn1)C2. The van der Waals surface area contributed by atoms with Gasteiger partial charge in [0.25, 0.3) is 5.91 Å². The maximum absolute atomic E-state index is 12.8. The lowest BCUT2D eigenvalue weighted by atomic mass is 9.96. The molecule has 0 spiro atoms. The van der Waals surface area contributed by atoms with E-state index in [-0.39, 0.29) is 17.7 Å². The molecule has 0 radical (unpaired) electrons. The van der Waals surface area contributed by atoms with Crippen LogP contribution in [0.2, 0.25) is 0 Å². The highest BCUT2D eigenvalue weighted by Gasteiger charge is 2.30. The summed E-state index contributed by atoms with van der Waals surface area (Å²) >= 11 is 0.